The van der Waals surface area contributed by atoms with Crippen molar-refractivity contribution in [3.8, 4) is 11.5 Å². The lowest BCUT2D eigenvalue weighted by molar-refractivity contribution is -0.433. The maximum Gasteiger partial charge on any atom is 0.408 e. The minimum atomic E-state index is -2.12. The van der Waals surface area contributed by atoms with Gasteiger partial charge >= 0.3 is 6.09 Å². The Balaban J connectivity index is 1.37. The normalized spacial score (nSPS) is 29.9. The lowest BCUT2D eigenvalue weighted by Gasteiger charge is -2.34. The number of aliphatic hydroxyl groups is 6. The fourth-order valence-electron chi connectivity index (χ4n) is 9.57. The first kappa shape index (κ1) is 63.2. The van der Waals surface area contributed by atoms with E-state index in [0.717, 1.165) is 28.4 Å². The number of nitrogens with one attached hydrogen (secondary N) is 6. The Bertz CT molecular complexity index is 2450. The van der Waals surface area contributed by atoms with E-state index in [1.54, 1.807) is 0 Å². The van der Waals surface area contributed by atoms with E-state index in [2.05, 4.69) is 41.3 Å². The molecule has 29 nitrogen and oxygen atoms in total. The van der Waals surface area contributed by atoms with Gasteiger partial charge in [-0.15, -0.1) is 0 Å². The minimum Gasteiger partial charge on any atom is -0.504 e. The van der Waals surface area contributed by atoms with Crippen LogP contribution < -0.4 is 36.1 Å². The number of carbonyl (C=O) groups excluding carboxylic acids is 7. The number of hydrogen-bond donors (Lipinski definition) is 14. The van der Waals surface area contributed by atoms with Gasteiger partial charge in [0.05, 0.1) is 55.9 Å². The van der Waals surface area contributed by atoms with Crippen LogP contribution in [0.2, 0.25) is 0 Å². The van der Waals surface area contributed by atoms with Crippen LogP contribution in [0.4, 0.5) is 4.79 Å². The van der Waals surface area contributed by atoms with E-state index in [0.29, 0.717) is 0 Å². The third-order valence-corrected chi connectivity index (χ3v) is 14.0. The molecule has 13 atom stereocenters. The molecule has 0 bridgehead atoms. The van der Waals surface area contributed by atoms with Gasteiger partial charge in [0, 0.05) is 50.4 Å². The molecule has 4 heterocycles. The maximum absolute atomic E-state index is 15.0. The smallest absolute Gasteiger partial charge is 0.408 e. The van der Waals surface area contributed by atoms with Crippen LogP contribution in [-0.2, 0) is 58.8 Å². The Morgan fingerprint density at radius 1 is 0.825 bits per heavy atom. The van der Waals surface area contributed by atoms with Crippen molar-refractivity contribution in [2.45, 2.75) is 151 Å². The fraction of sp³-hybridized carbons (Fsp3) is 0.620. The second kappa shape index (κ2) is 28.6. The summed E-state index contributed by atoms with van der Waals surface area (Å²) in [5.74, 6) is -8.47. The molecule has 0 saturated carbocycles. The van der Waals surface area contributed by atoms with Crippen molar-refractivity contribution in [1.29, 1.82) is 0 Å². The van der Waals surface area contributed by atoms with E-state index in [1.807, 2.05) is 30.3 Å². The molecule has 2 aromatic rings. The predicted molar refractivity (Wildman–Crippen MR) is 275 cm³/mol. The highest BCUT2D eigenvalue weighted by molar-refractivity contribution is 7.90. The highest BCUT2D eigenvalue weighted by Gasteiger charge is 2.50. The molecule has 4 aliphatic heterocycles. The summed E-state index contributed by atoms with van der Waals surface area (Å²) in [4.78, 5) is 102. The van der Waals surface area contributed by atoms with E-state index in [9.17, 15) is 64.5 Å². The lowest BCUT2D eigenvalue weighted by atomic mass is 9.98. The van der Waals surface area contributed by atoms with Crippen molar-refractivity contribution in [3.63, 3.8) is 0 Å². The van der Waals surface area contributed by atoms with Gasteiger partial charge in [0.2, 0.25) is 35.4 Å². The third kappa shape index (κ3) is 17.0. The Morgan fingerprint density at radius 2 is 1.49 bits per heavy atom. The molecule has 0 aliphatic carbocycles. The van der Waals surface area contributed by atoms with Crippen molar-refractivity contribution in [2.75, 3.05) is 39.4 Å². The van der Waals surface area contributed by atoms with E-state index >= 15 is 4.79 Å². The first-order valence-corrected chi connectivity index (χ1v) is 26.5. The van der Waals surface area contributed by atoms with Crippen LogP contribution in [0.1, 0.15) is 71.3 Å². The molecule has 30 heteroatoms. The van der Waals surface area contributed by atoms with Crippen molar-refractivity contribution in [3.05, 3.63) is 59.7 Å². The Labute approximate surface area is 464 Å². The second-order valence-corrected chi connectivity index (χ2v) is 21.6. The molecule has 4 aliphatic rings. The zero-order valence-corrected chi connectivity index (χ0v) is 45.4. The molecule has 444 valence electrons. The molecule has 0 aromatic heterocycles. The van der Waals surface area contributed by atoms with Gasteiger partial charge in [-0.25, -0.2) is 10.1 Å². The summed E-state index contributed by atoms with van der Waals surface area (Å²) in [7, 11) is 0. The number of phenols is 1. The summed E-state index contributed by atoms with van der Waals surface area (Å²) in [6.07, 6.45) is -13.9. The number of hydrogen-bond acceptors (Lipinski definition) is 23. The number of amides is 7. The summed E-state index contributed by atoms with van der Waals surface area (Å²) in [6, 6.07) is 1.24. The quantitative estimate of drug-likeness (QED) is 0.0363. The highest BCUT2D eigenvalue weighted by Crippen LogP contribution is 2.32. The number of alkyl carbamates (subject to hydrolysis) is 1. The second-order valence-electron chi connectivity index (χ2n) is 21.1. The summed E-state index contributed by atoms with van der Waals surface area (Å²) in [5, 5.41) is 106. The molecule has 0 radical (unpaired) electrons. The van der Waals surface area contributed by atoms with Gasteiger partial charge in [-0.2, -0.15) is 0 Å². The molecule has 4 saturated heterocycles. The molecule has 0 spiro atoms. The van der Waals surface area contributed by atoms with Gasteiger partial charge in [0.15, 0.2) is 17.8 Å². The predicted octanol–water partition coefficient (Wildman–Crippen LogP) is -3.11. The third-order valence-electron chi connectivity index (χ3n) is 13.6. The topological polar surface area (TPSA) is 415 Å². The molecule has 2 aromatic carbocycles. The number of phenolic OH excluding ortho intramolecular Hbond substituents is 1. The molecule has 7 amide bonds. The highest BCUT2D eigenvalue weighted by atomic mass is 32.2. The summed E-state index contributed by atoms with van der Waals surface area (Å²) >= 11 is 0.0820. The SMILES string of the molecule is C[C@@H](O)[C@@H]1NC(=O)[C@@H](NC(=O)OC(C)(C)C)C[C@@H](O)CNC(=O)[C@@H]2[C@@H](O)[C@@H](C)CN2C(=O)[C@H]([C@H](O)CCNC2COC(c3ccccc3)OC2)NC(=O)[C@H]([C@H](O)Cc2ccc(O)c(OSOOO)c2)NC(=O)[C@@H]2C[C@@H](O)CN2C1=O. The monoisotopic (exact) mass is 1150 g/mol. The van der Waals surface area contributed by atoms with E-state index in [4.69, 9.17) is 23.7 Å². The maximum atomic E-state index is 15.0. The number of nitrogens with zero attached hydrogens (tertiary/aromatic N) is 2. The van der Waals surface area contributed by atoms with Gasteiger partial charge in [-0.05, 0) is 58.4 Å². The van der Waals surface area contributed by atoms with Crippen molar-refractivity contribution in [1.82, 2.24) is 41.7 Å². The van der Waals surface area contributed by atoms with Gasteiger partial charge in [0.25, 0.3) is 12.3 Å². The summed E-state index contributed by atoms with van der Waals surface area (Å²) in [6.45, 7) is 6.04. The number of aliphatic hydroxyl groups excluding tert-OH is 6. The van der Waals surface area contributed by atoms with E-state index in [1.165, 1.54) is 39.8 Å². The first-order valence-electron chi connectivity index (χ1n) is 25.9. The van der Waals surface area contributed by atoms with Gasteiger partial charge in [-0.1, -0.05) is 52.7 Å². The van der Waals surface area contributed by atoms with E-state index in [-0.39, 0.29) is 56.4 Å². The number of β-amino-alcohol motifs (C(OH)–C–C–N with tert-alkyl or cyclic N) is 1. The average Bonchev–Trinajstić information content (AvgIpc) is 3.95. The Morgan fingerprint density at radius 3 is 2.15 bits per heavy atom. The largest absolute Gasteiger partial charge is 0.504 e. The molecule has 80 heavy (non-hydrogen) atoms. The summed E-state index contributed by atoms with van der Waals surface area (Å²) < 4.78 is 26.5. The van der Waals surface area contributed by atoms with Gasteiger partial charge in [0.1, 0.15) is 41.9 Å². The van der Waals surface area contributed by atoms with Crippen LogP contribution in [0.5, 0.6) is 11.5 Å². The Kier molecular flexibility index (Phi) is 22.6. The van der Waals surface area contributed by atoms with Crippen LogP contribution >= 0.6 is 12.3 Å². The zero-order chi connectivity index (χ0) is 58.6. The van der Waals surface area contributed by atoms with Crippen LogP contribution in [0.25, 0.3) is 0 Å². The van der Waals surface area contributed by atoms with Gasteiger partial charge in [-0.3, -0.25) is 28.8 Å². The lowest BCUT2D eigenvalue weighted by Crippen LogP contribution is -2.64. The standard InChI is InChI=1S/C50H72N8O21S/c1-24-20-58-40(41(24)65)45(69)52-19-29(60)17-31(53-49(72)76-50(3,4)5)42(66)54-37(25(2)59)46(70)57-21-30(61)18-32(57)43(67)55-38(35(64)15-26-11-12-33(62)36(16-26)77-80-79-78-73)44(68)56-39(47(58)71)34(63)13-14-51-28-22-74-48(75-23-28)27-9-7-6-8-10-27/h6-12,16,24-25,28-32,34-35,37-41,48,51,59-65,73H,13-15,17-23H2,1-5H3,(H,52,69)(H,53,72)(H,54,66)(H,55,67)(H,56,68)/t24-,25+,28?,29+,30+,31-,32-,34+,35+,37-,38-,39-,40-,41-,48?/m0/s1. The molecule has 6 rings (SSSR count). The van der Waals surface area contributed by atoms with Crippen molar-refractivity contribution in [2.24, 2.45) is 5.92 Å². The molecular weight excluding hydrogens is 1080 g/mol. The van der Waals surface area contributed by atoms with Crippen molar-refractivity contribution >= 4 is 53.9 Å². The molecular formula is C50H72N8O21S. The fourth-order valence-corrected chi connectivity index (χ4v) is 9.83. The number of ether oxygens (including phenoxy) is 3. The number of rotatable bonds is 15. The number of aromatic hydroxyl groups is 1. The van der Waals surface area contributed by atoms with Gasteiger partial charge < -0.3 is 95.8 Å². The Hall–Kier alpha value is -6.00. The van der Waals surface area contributed by atoms with E-state index < -0.39 is 176 Å². The summed E-state index contributed by atoms with van der Waals surface area (Å²) in [5.41, 5.74) is -0.164. The number of fused-ring (bicyclic) bond motifs is 2. The molecule has 0 unspecified atom stereocenters. The first-order chi connectivity index (χ1) is 37.8. The van der Waals surface area contributed by atoms with Crippen LogP contribution in [0.15, 0.2) is 48.5 Å². The average molecular weight is 1150 g/mol. The molecule has 14 N–H and O–H groups in total. The molecule has 4 fully saturated rings. The number of carbonyl (C=O) groups is 7. The van der Waals surface area contributed by atoms with Crippen LogP contribution in [0, 0.1) is 5.92 Å². The van der Waals surface area contributed by atoms with Crippen LogP contribution in [-0.4, -0.2) is 216 Å². The zero-order valence-electron chi connectivity index (χ0n) is 44.5. The number of benzene rings is 2. The van der Waals surface area contributed by atoms with Crippen molar-refractivity contribution < 1.29 is 102 Å². The minimum absolute atomic E-state index is 0.0285. The van der Waals surface area contributed by atoms with Crippen LogP contribution in [0.3, 0.4) is 0 Å².